The van der Waals surface area contributed by atoms with Crippen molar-refractivity contribution in [2.45, 2.75) is 6.92 Å². The molecule has 0 N–H and O–H groups in total. The Morgan fingerprint density at radius 3 is 2.06 bits per heavy atom. The average molecular weight is 343 g/mol. The SMILES string of the molecule is Cc1ncc(Br)cc1N(S(C)(=O)=O)S(C)(=O)=O. The van der Waals surface area contributed by atoms with Crippen molar-refractivity contribution in [3.05, 3.63) is 22.4 Å². The van der Waals surface area contributed by atoms with Crippen molar-refractivity contribution < 1.29 is 16.8 Å². The predicted molar refractivity (Wildman–Crippen MR) is 68.8 cm³/mol. The minimum Gasteiger partial charge on any atom is -0.258 e. The van der Waals surface area contributed by atoms with Crippen LogP contribution in [0.1, 0.15) is 5.69 Å². The molecule has 96 valence electrons. The van der Waals surface area contributed by atoms with Crippen molar-refractivity contribution in [3.8, 4) is 0 Å². The van der Waals surface area contributed by atoms with Crippen LogP contribution >= 0.6 is 15.9 Å². The first-order valence-corrected chi connectivity index (χ1v) is 8.85. The molecule has 1 aromatic heterocycles. The second-order valence-electron chi connectivity index (χ2n) is 3.48. The van der Waals surface area contributed by atoms with Crippen molar-refractivity contribution >= 4 is 41.7 Å². The van der Waals surface area contributed by atoms with E-state index in [2.05, 4.69) is 20.9 Å². The van der Waals surface area contributed by atoms with E-state index in [9.17, 15) is 16.8 Å². The van der Waals surface area contributed by atoms with Crippen LogP contribution in [0, 0.1) is 6.92 Å². The first-order chi connectivity index (χ1) is 7.53. The van der Waals surface area contributed by atoms with E-state index in [0.717, 1.165) is 12.5 Å². The van der Waals surface area contributed by atoms with Crippen LogP contribution in [0.2, 0.25) is 0 Å². The third-order valence-electron chi connectivity index (χ3n) is 1.83. The van der Waals surface area contributed by atoms with Gasteiger partial charge in [-0.05, 0) is 28.9 Å². The van der Waals surface area contributed by atoms with Gasteiger partial charge in [0.25, 0.3) is 0 Å². The summed E-state index contributed by atoms with van der Waals surface area (Å²) in [4.78, 5) is 3.91. The summed E-state index contributed by atoms with van der Waals surface area (Å²) in [7, 11) is -7.86. The molecule has 0 aliphatic carbocycles. The lowest BCUT2D eigenvalue weighted by Crippen LogP contribution is -2.35. The van der Waals surface area contributed by atoms with Crippen LogP contribution in [-0.2, 0) is 20.0 Å². The molecule has 0 aliphatic rings. The van der Waals surface area contributed by atoms with Crippen LogP contribution in [0.15, 0.2) is 16.7 Å². The van der Waals surface area contributed by atoms with Gasteiger partial charge < -0.3 is 0 Å². The Kier molecular flexibility index (Phi) is 3.84. The van der Waals surface area contributed by atoms with Gasteiger partial charge >= 0.3 is 0 Å². The fraction of sp³-hybridized carbons (Fsp3) is 0.375. The molecule has 0 aliphatic heterocycles. The fourth-order valence-corrected chi connectivity index (χ4v) is 4.66. The lowest BCUT2D eigenvalue weighted by molar-refractivity contribution is 0.590. The Morgan fingerprint density at radius 2 is 1.65 bits per heavy atom. The zero-order chi connectivity index (χ0) is 13.4. The smallest absolute Gasteiger partial charge is 0.245 e. The van der Waals surface area contributed by atoms with Gasteiger partial charge in [0.2, 0.25) is 20.0 Å². The van der Waals surface area contributed by atoms with E-state index in [1.807, 2.05) is 0 Å². The Balaban J connectivity index is 3.61. The molecule has 0 saturated heterocycles. The van der Waals surface area contributed by atoms with Gasteiger partial charge in [0, 0.05) is 10.7 Å². The molecule has 0 atom stereocenters. The van der Waals surface area contributed by atoms with E-state index < -0.39 is 20.0 Å². The summed E-state index contributed by atoms with van der Waals surface area (Å²) in [5, 5.41) is 0. The van der Waals surface area contributed by atoms with Crippen molar-refractivity contribution in [3.63, 3.8) is 0 Å². The number of aryl methyl sites for hydroxylation is 1. The summed E-state index contributed by atoms with van der Waals surface area (Å²) in [6, 6.07) is 1.39. The molecular weight excluding hydrogens is 332 g/mol. The number of hydrogen-bond donors (Lipinski definition) is 0. The fourth-order valence-electron chi connectivity index (χ4n) is 1.29. The lowest BCUT2D eigenvalue weighted by atomic mass is 10.3. The average Bonchev–Trinajstić information content (AvgIpc) is 2.06. The molecule has 0 radical (unpaired) electrons. The van der Waals surface area contributed by atoms with E-state index in [1.165, 1.54) is 19.2 Å². The van der Waals surface area contributed by atoms with Gasteiger partial charge in [-0.3, -0.25) is 4.98 Å². The monoisotopic (exact) mass is 342 g/mol. The van der Waals surface area contributed by atoms with Crippen LogP contribution in [-0.4, -0.2) is 34.3 Å². The van der Waals surface area contributed by atoms with E-state index in [4.69, 9.17) is 0 Å². The molecular formula is C8H11BrN2O4S2. The largest absolute Gasteiger partial charge is 0.258 e. The van der Waals surface area contributed by atoms with Crippen LogP contribution in [0.5, 0.6) is 0 Å². The molecule has 0 saturated carbocycles. The zero-order valence-corrected chi connectivity index (χ0v) is 12.6. The van der Waals surface area contributed by atoms with Crippen molar-refractivity contribution in [2.75, 3.05) is 16.2 Å². The Morgan fingerprint density at radius 1 is 1.18 bits per heavy atom. The second kappa shape index (κ2) is 4.54. The van der Waals surface area contributed by atoms with E-state index >= 15 is 0 Å². The summed E-state index contributed by atoms with van der Waals surface area (Å²) in [5.74, 6) is 0. The third-order valence-corrected chi connectivity index (χ3v) is 5.48. The Labute approximate surface area is 109 Å². The Bertz CT molecular complexity index is 607. The number of hydrogen-bond acceptors (Lipinski definition) is 5. The number of rotatable bonds is 3. The molecule has 9 heteroatoms. The molecule has 6 nitrogen and oxygen atoms in total. The number of nitrogens with zero attached hydrogens (tertiary/aromatic N) is 2. The van der Waals surface area contributed by atoms with E-state index in [1.54, 1.807) is 0 Å². The van der Waals surface area contributed by atoms with Crippen molar-refractivity contribution in [2.24, 2.45) is 0 Å². The normalized spacial score (nSPS) is 12.5. The summed E-state index contributed by atoms with van der Waals surface area (Å²) in [6.45, 7) is 1.53. The number of sulfonamides is 2. The minimum absolute atomic E-state index is 0.0179. The van der Waals surface area contributed by atoms with Crippen LogP contribution in [0.3, 0.4) is 0 Å². The maximum absolute atomic E-state index is 11.5. The standard InChI is InChI=1S/C8H11BrN2O4S2/c1-6-8(4-7(9)5-10-6)11(16(2,12)13)17(3,14)15/h4-5H,1-3H3. The number of pyridine rings is 1. The van der Waals surface area contributed by atoms with Crippen molar-refractivity contribution in [1.29, 1.82) is 0 Å². The van der Waals surface area contributed by atoms with E-state index in [0.29, 0.717) is 13.9 Å². The third kappa shape index (κ3) is 3.39. The molecule has 1 aromatic rings. The highest BCUT2D eigenvalue weighted by Crippen LogP contribution is 2.26. The summed E-state index contributed by atoms with van der Waals surface area (Å²) >= 11 is 3.12. The quantitative estimate of drug-likeness (QED) is 0.813. The van der Waals surface area contributed by atoms with Gasteiger partial charge in [0.15, 0.2) is 0 Å². The van der Waals surface area contributed by atoms with Gasteiger partial charge in [-0.1, -0.05) is 0 Å². The maximum Gasteiger partial charge on any atom is 0.245 e. The highest BCUT2D eigenvalue weighted by molar-refractivity contribution is 9.10. The molecule has 17 heavy (non-hydrogen) atoms. The van der Waals surface area contributed by atoms with Gasteiger partial charge in [-0.2, -0.15) is 3.71 Å². The van der Waals surface area contributed by atoms with Gasteiger partial charge in [-0.15, -0.1) is 0 Å². The molecule has 0 bridgehead atoms. The predicted octanol–water partition coefficient (Wildman–Crippen LogP) is 0.878. The summed E-state index contributed by atoms with van der Waals surface area (Å²) in [6.07, 6.45) is 3.12. The molecule has 0 spiro atoms. The zero-order valence-electron chi connectivity index (χ0n) is 9.38. The number of aromatic nitrogens is 1. The van der Waals surface area contributed by atoms with Crippen LogP contribution < -0.4 is 3.71 Å². The first-order valence-electron chi connectivity index (χ1n) is 4.36. The lowest BCUT2D eigenvalue weighted by Gasteiger charge is -2.21. The molecule has 0 amide bonds. The molecule has 0 aromatic carbocycles. The maximum atomic E-state index is 11.5. The number of halogens is 1. The van der Waals surface area contributed by atoms with Gasteiger partial charge in [0.05, 0.1) is 23.9 Å². The van der Waals surface area contributed by atoms with Gasteiger partial charge in [-0.25, -0.2) is 16.8 Å². The highest BCUT2D eigenvalue weighted by Gasteiger charge is 2.29. The minimum atomic E-state index is -3.93. The molecule has 0 fully saturated rings. The van der Waals surface area contributed by atoms with Crippen molar-refractivity contribution in [1.82, 2.24) is 4.98 Å². The van der Waals surface area contributed by atoms with Gasteiger partial charge in [0.1, 0.15) is 0 Å². The van der Waals surface area contributed by atoms with Crippen LogP contribution in [0.25, 0.3) is 0 Å². The second-order valence-corrected chi connectivity index (χ2v) is 8.29. The van der Waals surface area contributed by atoms with E-state index in [-0.39, 0.29) is 5.69 Å². The summed E-state index contributed by atoms with van der Waals surface area (Å²) in [5.41, 5.74) is 0.327. The number of anilines is 1. The molecule has 1 rings (SSSR count). The van der Waals surface area contributed by atoms with Crippen LogP contribution in [0.4, 0.5) is 5.69 Å². The molecule has 0 unspecified atom stereocenters. The molecule has 1 heterocycles. The first kappa shape index (κ1) is 14.4. The highest BCUT2D eigenvalue weighted by atomic mass is 79.9. The Hall–Kier alpha value is -0.670. The topological polar surface area (TPSA) is 84.4 Å². The summed E-state index contributed by atoms with van der Waals surface area (Å²) < 4.78 is 47.0.